The van der Waals surface area contributed by atoms with Crippen LogP contribution in [0, 0.1) is 34.9 Å². The Bertz CT molecular complexity index is 1780. The van der Waals surface area contributed by atoms with E-state index >= 15 is 4.39 Å². The maximum absolute atomic E-state index is 15.1. The normalized spacial score (nSPS) is 11.6. The third-order valence-corrected chi connectivity index (χ3v) is 7.04. The molecule has 232 valence electrons. The highest BCUT2D eigenvalue weighted by molar-refractivity contribution is 5.69. The highest BCUT2D eigenvalue weighted by Crippen LogP contribution is 2.39. The number of unbranched alkanes of at least 4 members (excludes halogenated alkanes) is 2. The van der Waals surface area contributed by atoms with Gasteiger partial charge in [0.2, 0.25) is 0 Å². The number of halogens is 8. The zero-order chi connectivity index (χ0) is 32.3. The van der Waals surface area contributed by atoms with Gasteiger partial charge in [-0.2, -0.15) is 8.78 Å². The molecule has 0 bridgehead atoms. The van der Waals surface area contributed by atoms with Crippen LogP contribution in [0.4, 0.5) is 35.1 Å². The Balaban J connectivity index is 1.37. The molecule has 0 atom stereocenters. The first-order valence-corrected chi connectivity index (χ1v) is 13.9. The first-order valence-electron chi connectivity index (χ1n) is 13.9. The van der Waals surface area contributed by atoms with Gasteiger partial charge >= 0.3 is 6.11 Å². The maximum Gasteiger partial charge on any atom is 0.432 e. The van der Waals surface area contributed by atoms with E-state index in [1.165, 1.54) is 12.1 Å². The van der Waals surface area contributed by atoms with Crippen molar-refractivity contribution in [3.8, 4) is 39.4 Å². The average molecular weight is 629 g/mol. The summed E-state index contributed by atoms with van der Waals surface area (Å²) < 4.78 is 122. The minimum atomic E-state index is -4.73. The van der Waals surface area contributed by atoms with Crippen molar-refractivity contribution in [3.63, 3.8) is 0 Å². The molecule has 3 nitrogen and oxygen atoms in total. The predicted molar refractivity (Wildman–Crippen MR) is 152 cm³/mol. The zero-order valence-electron chi connectivity index (χ0n) is 23.7. The Morgan fingerprint density at radius 3 is 1.80 bits per heavy atom. The van der Waals surface area contributed by atoms with Gasteiger partial charge in [-0.25, -0.2) is 36.3 Å². The van der Waals surface area contributed by atoms with Gasteiger partial charge in [0.25, 0.3) is 0 Å². The third-order valence-electron chi connectivity index (χ3n) is 7.04. The minimum Gasteiger partial charge on any atom is -0.429 e. The van der Waals surface area contributed by atoms with Crippen molar-refractivity contribution in [2.75, 3.05) is 0 Å². The molecule has 0 spiro atoms. The van der Waals surface area contributed by atoms with Gasteiger partial charge in [0, 0.05) is 35.7 Å². The molecule has 5 rings (SSSR count). The number of benzene rings is 4. The molecule has 45 heavy (non-hydrogen) atoms. The molecular formula is C34H24F8N2O. The number of ether oxygens (including phenoxy) is 1. The Morgan fingerprint density at radius 2 is 1.22 bits per heavy atom. The molecule has 5 aromatic rings. The van der Waals surface area contributed by atoms with Gasteiger partial charge in [0.1, 0.15) is 46.2 Å². The molecule has 0 N–H and O–H groups in total. The summed E-state index contributed by atoms with van der Waals surface area (Å²) in [7, 11) is 0. The molecule has 0 saturated carbocycles. The van der Waals surface area contributed by atoms with Crippen LogP contribution in [0.1, 0.15) is 37.3 Å². The summed E-state index contributed by atoms with van der Waals surface area (Å²) in [6.07, 6.45) is 2.46. The van der Waals surface area contributed by atoms with Crippen molar-refractivity contribution >= 4 is 0 Å². The maximum atomic E-state index is 15.1. The largest absolute Gasteiger partial charge is 0.432 e. The number of aryl methyl sites for hydroxylation is 1. The molecule has 0 aliphatic carbocycles. The molecule has 4 aromatic carbocycles. The van der Waals surface area contributed by atoms with Gasteiger partial charge in [-0.3, -0.25) is 0 Å². The van der Waals surface area contributed by atoms with Gasteiger partial charge in [0.05, 0.1) is 5.56 Å². The van der Waals surface area contributed by atoms with Crippen LogP contribution in [-0.2, 0) is 12.5 Å². The summed E-state index contributed by atoms with van der Waals surface area (Å²) in [5.74, 6) is -8.67. The lowest BCUT2D eigenvalue weighted by molar-refractivity contribution is -0.189. The van der Waals surface area contributed by atoms with Gasteiger partial charge < -0.3 is 4.74 Å². The number of hydrogen-bond acceptors (Lipinski definition) is 3. The van der Waals surface area contributed by atoms with E-state index in [4.69, 9.17) is 0 Å². The Morgan fingerprint density at radius 1 is 0.644 bits per heavy atom. The SMILES string of the molecule is CCCCCc1cnc(-c2ccc(-c3cc(F)c(C(F)(F)Oc4cc(F)c(-c5ccc(F)cc5)c(F)c4)c(F)c3)c(F)c2)nc1. The lowest BCUT2D eigenvalue weighted by atomic mass is 10.00. The standard InChI is InChI=1S/C34H24F8N2O/c1-2-3-4-5-19-17-43-33(44-18-19)21-8-11-25(26(36)12-21)22-13-29(39)32(30(40)14-22)34(41,42)45-24-15-27(37)31(28(38)16-24)20-6-9-23(35)10-7-20/h6-18H,2-5H2,1H3. The summed E-state index contributed by atoms with van der Waals surface area (Å²) in [4.78, 5) is 8.50. The van der Waals surface area contributed by atoms with Crippen LogP contribution < -0.4 is 4.74 Å². The van der Waals surface area contributed by atoms with E-state index in [1.807, 2.05) is 0 Å². The molecule has 0 fully saturated rings. The monoisotopic (exact) mass is 628 g/mol. The topological polar surface area (TPSA) is 35.0 Å². The van der Waals surface area contributed by atoms with E-state index in [-0.39, 0.29) is 22.5 Å². The molecule has 0 amide bonds. The average Bonchev–Trinajstić information content (AvgIpc) is 2.97. The number of alkyl halides is 2. The highest BCUT2D eigenvalue weighted by atomic mass is 19.3. The summed E-state index contributed by atoms with van der Waals surface area (Å²) in [5, 5.41) is 0. The van der Waals surface area contributed by atoms with Crippen LogP contribution in [0.15, 0.2) is 79.1 Å². The molecule has 1 aromatic heterocycles. The van der Waals surface area contributed by atoms with E-state index in [0.717, 1.165) is 61.6 Å². The third kappa shape index (κ3) is 6.97. The Kier molecular flexibility index (Phi) is 9.17. The molecule has 0 aliphatic rings. The van der Waals surface area contributed by atoms with E-state index in [0.29, 0.717) is 29.8 Å². The van der Waals surface area contributed by atoms with Gasteiger partial charge in [-0.1, -0.05) is 44.0 Å². The van der Waals surface area contributed by atoms with Crippen molar-refractivity contribution in [1.82, 2.24) is 9.97 Å². The zero-order valence-corrected chi connectivity index (χ0v) is 23.7. The highest BCUT2D eigenvalue weighted by Gasteiger charge is 2.41. The van der Waals surface area contributed by atoms with Crippen LogP contribution in [0.2, 0.25) is 0 Å². The summed E-state index contributed by atoms with van der Waals surface area (Å²) >= 11 is 0. The molecule has 0 saturated heterocycles. The van der Waals surface area contributed by atoms with Crippen molar-refractivity contribution < 1.29 is 39.9 Å². The second-order valence-electron chi connectivity index (χ2n) is 10.3. The predicted octanol–water partition coefficient (Wildman–Crippen LogP) is 10.2. The molecule has 0 radical (unpaired) electrons. The Hall–Kier alpha value is -4.80. The van der Waals surface area contributed by atoms with Crippen LogP contribution in [0.5, 0.6) is 5.75 Å². The fourth-order valence-corrected chi connectivity index (χ4v) is 4.81. The van der Waals surface area contributed by atoms with E-state index in [9.17, 15) is 30.7 Å². The van der Waals surface area contributed by atoms with Gasteiger partial charge in [-0.05, 0) is 59.9 Å². The molecule has 1 heterocycles. The Labute approximate surface area is 253 Å². The molecule has 11 heteroatoms. The van der Waals surface area contributed by atoms with E-state index in [2.05, 4.69) is 21.6 Å². The van der Waals surface area contributed by atoms with Crippen molar-refractivity contribution in [2.24, 2.45) is 0 Å². The second kappa shape index (κ2) is 13.1. The fraction of sp³-hybridized carbons (Fsp3) is 0.176. The van der Waals surface area contributed by atoms with E-state index in [1.54, 1.807) is 12.4 Å². The van der Waals surface area contributed by atoms with Gasteiger partial charge in [0.15, 0.2) is 5.82 Å². The van der Waals surface area contributed by atoms with Crippen LogP contribution in [0.3, 0.4) is 0 Å². The van der Waals surface area contributed by atoms with Crippen molar-refractivity contribution in [1.29, 1.82) is 0 Å². The summed E-state index contributed by atoms with van der Waals surface area (Å²) in [5.41, 5.74) is -2.04. The molecular weight excluding hydrogens is 604 g/mol. The number of nitrogens with zero attached hydrogens (tertiary/aromatic N) is 2. The number of rotatable bonds is 10. The van der Waals surface area contributed by atoms with Crippen LogP contribution in [-0.4, -0.2) is 9.97 Å². The molecule has 0 unspecified atom stereocenters. The van der Waals surface area contributed by atoms with Gasteiger partial charge in [-0.15, -0.1) is 0 Å². The first-order chi connectivity index (χ1) is 21.5. The van der Waals surface area contributed by atoms with Crippen molar-refractivity contribution in [2.45, 2.75) is 38.7 Å². The van der Waals surface area contributed by atoms with Crippen LogP contribution >= 0.6 is 0 Å². The summed E-state index contributed by atoms with van der Waals surface area (Å²) in [6, 6.07) is 9.54. The second-order valence-corrected chi connectivity index (χ2v) is 10.3. The smallest absolute Gasteiger partial charge is 0.429 e. The fourth-order valence-electron chi connectivity index (χ4n) is 4.81. The van der Waals surface area contributed by atoms with Crippen molar-refractivity contribution in [3.05, 3.63) is 125 Å². The first kappa shape index (κ1) is 31.6. The molecule has 0 aliphatic heterocycles. The van der Waals surface area contributed by atoms with Crippen LogP contribution in [0.25, 0.3) is 33.6 Å². The van der Waals surface area contributed by atoms with E-state index < -0.39 is 57.9 Å². The summed E-state index contributed by atoms with van der Waals surface area (Å²) in [6.45, 7) is 2.09. The lowest BCUT2D eigenvalue weighted by Crippen LogP contribution is -2.25. The quantitative estimate of drug-likeness (QED) is 0.114. The minimum absolute atomic E-state index is 0.0825. The lowest BCUT2D eigenvalue weighted by Gasteiger charge is -2.20. The number of hydrogen-bond donors (Lipinski definition) is 0. The number of aromatic nitrogens is 2.